The number of carbonyl (C=O) groups is 1. The SMILES string of the molecule is CC(C)(c1ccccc1)c1ccc(OC(=O)CF)cc1.[Ti]. The molecule has 0 N–H and O–H groups in total. The smallest absolute Gasteiger partial charge is 0.342 e. The molecular formula is C17H17FO2Ti. The minimum absolute atomic E-state index is 0. The van der Waals surface area contributed by atoms with Gasteiger partial charge in [-0.05, 0) is 23.3 Å². The van der Waals surface area contributed by atoms with Crippen LogP contribution >= 0.6 is 0 Å². The van der Waals surface area contributed by atoms with Crippen LogP contribution in [0.3, 0.4) is 0 Å². The van der Waals surface area contributed by atoms with Gasteiger partial charge >= 0.3 is 5.97 Å². The molecule has 0 aliphatic heterocycles. The molecular weight excluding hydrogens is 303 g/mol. The van der Waals surface area contributed by atoms with Crippen molar-refractivity contribution in [2.24, 2.45) is 0 Å². The third-order valence-electron chi connectivity index (χ3n) is 3.41. The molecule has 0 saturated heterocycles. The molecule has 2 rings (SSSR count). The number of hydrogen-bond acceptors (Lipinski definition) is 2. The average molecular weight is 320 g/mol. The van der Waals surface area contributed by atoms with Crippen LogP contribution in [0, 0.1) is 0 Å². The van der Waals surface area contributed by atoms with Crippen LogP contribution in [0.15, 0.2) is 54.6 Å². The van der Waals surface area contributed by atoms with Gasteiger partial charge in [-0.25, -0.2) is 9.18 Å². The molecule has 0 spiro atoms. The van der Waals surface area contributed by atoms with Crippen LogP contribution in [0.5, 0.6) is 5.75 Å². The van der Waals surface area contributed by atoms with Gasteiger partial charge in [-0.15, -0.1) is 0 Å². The second-order valence-electron chi connectivity index (χ2n) is 5.12. The van der Waals surface area contributed by atoms with Crippen molar-refractivity contribution >= 4 is 5.97 Å². The van der Waals surface area contributed by atoms with E-state index in [9.17, 15) is 9.18 Å². The van der Waals surface area contributed by atoms with Gasteiger partial charge in [-0.2, -0.15) is 0 Å². The summed E-state index contributed by atoms with van der Waals surface area (Å²) < 4.78 is 16.9. The fourth-order valence-corrected chi connectivity index (χ4v) is 2.12. The molecule has 0 atom stereocenters. The molecule has 0 unspecified atom stereocenters. The molecule has 2 aromatic carbocycles. The molecule has 0 aliphatic rings. The van der Waals surface area contributed by atoms with Crippen molar-refractivity contribution in [2.45, 2.75) is 19.3 Å². The van der Waals surface area contributed by atoms with Crippen LogP contribution in [-0.4, -0.2) is 12.6 Å². The second-order valence-corrected chi connectivity index (χ2v) is 5.12. The minimum atomic E-state index is -1.11. The number of hydrogen-bond donors (Lipinski definition) is 0. The number of ether oxygens (including phenoxy) is 1. The Labute approximate surface area is 139 Å². The van der Waals surface area contributed by atoms with E-state index < -0.39 is 12.6 Å². The van der Waals surface area contributed by atoms with E-state index in [1.54, 1.807) is 12.1 Å². The number of halogens is 1. The van der Waals surface area contributed by atoms with Crippen molar-refractivity contribution in [1.82, 2.24) is 0 Å². The van der Waals surface area contributed by atoms with Gasteiger partial charge < -0.3 is 4.74 Å². The third-order valence-corrected chi connectivity index (χ3v) is 3.41. The first-order chi connectivity index (χ1) is 9.54. The van der Waals surface area contributed by atoms with Gasteiger partial charge in [0.25, 0.3) is 0 Å². The first-order valence-corrected chi connectivity index (χ1v) is 6.47. The number of benzene rings is 2. The van der Waals surface area contributed by atoms with Crippen molar-refractivity contribution in [1.29, 1.82) is 0 Å². The Kier molecular flexibility index (Phi) is 6.31. The summed E-state index contributed by atoms with van der Waals surface area (Å²) in [6.45, 7) is 3.15. The van der Waals surface area contributed by atoms with E-state index in [1.165, 1.54) is 5.56 Å². The maximum atomic E-state index is 12.1. The van der Waals surface area contributed by atoms with Gasteiger partial charge in [0, 0.05) is 27.1 Å². The van der Waals surface area contributed by atoms with E-state index >= 15 is 0 Å². The van der Waals surface area contributed by atoms with E-state index in [1.807, 2.05) is 30.3 Å². The molecule has 0 aliphatic carbocycles. The maximum Gasteiger partial charge on any atom is 0.342 e. The quantitative estimate of drug-likeness (QED) is 0.485. The fourth-order valence-electron chi connectivity index (χ4n) is 2.12. The molecule has 0 fully saturated rings. The van der Waals surface area contributed by atoms with Crippen molar-refractivity contribution in [3.05, 3.63) is 65.7 Å². The number of rotatable bonds is 4. The van der Waals surface area contributed by atoms with E-state index in [-0.39, 0.29) is 27.1 Å². The summed E-state index contributed by atoms with van der Waals surface area (Å²) in [6, 6.07) is 17.3. The summed E-state index contributed by atoms with van der Waals surface area (Å²) in [7, 11) is 0. The Morgan fingerprint density at radius 2 is 1.52 bits per heavy atom. The van der Waals surface area contributed by atoms with E-state index in [0.29, 0.717) is 5.75 Å². The van der Waals surface area contributed by atoms with E-state index in [0.717, 1.165) is 5.56 Å². The van der Waals surface area contributed by atoms with Crippen molar-refractivity contribution in [2.75, 3.05) is 6.67 Å². The Hall–Kier alpha value is -1.45. The molecule has 2 aromatic rings. The largest absolute Gasteiger partial charge is 0.425 e. The third kappa shape index (κ3) is 4.26. The molecule has 108 valence electrons. The van der Waals surface area contributed by atoms with Crippen molar-refractivity contribution < 1.29 is 35.6 Å². The Morgan fingerprint density at radius 1 is 1.00 bits per heavy atom. The molecule has 0 amide bonds. The van der Waals surface area contributed by atoms with Crippen LogP contribution in [0.1, 0.15) is 25.0 Å². The standard InChI is InChI=1S/C17H17FO2.Ti/c1-17(2,13-6-4-3-5-7-13)14-8-10-15(11-9-14)20-16(19)12-18;/h3-11H,12H2,1-2H3;. The maximum absolute atomic E-state index is 12.1. The molecule has 2 nitrogen and oxygen atoms in total. The van der Waals surface area contributed by atoms with Crippen LogP contribution in [0.4, 0.5) is 4.39 Å². The normalized spacial score (nSPS) is 10.6. The summed E-state index contributed by atoms with van der Waals surface area (Å²) in [5.74, 6) is -0.514. The Morgan fingerprint density at radius 3 is 2.05 bits per heavy atom. The molecule has 0 bridgehead atoms. The van der Waals surface area contributed by atoms with Crippen LogP contribution in [0.2, 0.25) is 0 Å². The number of alkyl halides is 1. The summed E-state index contributed by atoms with van der Waals surface area (Å²) >= 11 is 0. The Balaban J connectivity index is 0.00000220. The van der Waals surface area contributed by atoms with Gasteiger partial charge in [0.2, 0.25) is 0 Å². The van der Waals surface area contributed by atoms with Crippen LogP contribution < -0.4 is 4.74 Å². The monoisotopic (exact) mass is 320 g/mol. The summed E-state index contributed by atoms with van der Waals surface area (Å²) in [5.41, 5.74) is 2.15. The number of esters is 1. The average Bonchev–Trinajstić information content (AvgIpc) is 2.48. The summed E-state index contributed by atoms with van der Waals surface area (Å²) in [5, 5.41) is 0. The van der Waals surface area contributed by atoms with Crippen molar-refractivity contribution in [3.8, 4) is 5.75 Å². The van der Waals surface area contributed by atoms with E-state index in [2.05, 4.69) is 26.0 Å². The van der Waals surface area contributed by atoms with Crippen LogP contribution in [0.25, 0.3) is 0 Å². The zero-order valence-corrected chi connectivity index (χ0v) is 13.7. The topological polar surface area (TPSA) is 26.3 Å². The molecule has 0 aromatic heterocycles. The molecule has 0 radical (unpaired) electrons. The molecule has 0 heterocycles. The van der Waals surface area contributed by atoms with Gasteiger partial charge in [-0.1, -0.05) is 56.3 Å². The zero-order chi connectivity index (χ0) is 14.6. The van der Waals surface area contributed by atoms with E-state index in [4.69, 9.17) is 4.74 Å². The predicted molar refractivity (Wildman–Crippen MR) is 76.6 cm³/mol. The van der Waals surface area contributed by atoms with Gasteiger partial charge in [-0.3, -0.25) is 0 Å². The molecule has 0 saturated carbocycles. The summed E-state index contributed by atoms with van der Waals surface area (Å²) in [4.78, 5) is 10.9. The van der Waals surface area contributed by atoms with Crippen LogP contribution in [-0.2, 0) is 31.9 Å². The number of carbonyl (C=O) groups excluding carboxylic acids is 1. The minimum Gasteiger partial charge on any atom is -0.425 e. The first kappa shape index (κ1) is 17.6. The Bertz CT molecular complexity index is 579. The van der Waals surface area contributed by atoms with Gasteiger partial charge in [0.05, 0.1) is 0 Å². The molecule has 21 heavy (non-hydrogen) atoms. The first-order valence-electron chi connectivity index (χ1n) is 6.47. The van der Waals surface area contributed by atoms with Crippen molar-refractivity contribution in [3.63, 3.8) is 0 Å². The molecule has 4 heteroatoms. The second kappa shape index (κ2) is 7.53. The zero-order valence-electron chi connectivity index (χ0n) is 12.1. The fraction of sp³-hybridized carbons (Fsp3) is 0.235. The summed E-state index contributed by atoms with van der Waals surface area (Å²) in [6.07, 6.45) is 0. The van der Waals surface area contributed by atoms with Gasteiger partial charge in [0.15, 0.2) is 6.67 Å². The predicted octanol–water partition coefficient (Wildman–Crippen LogP) is 3.88. The van der Waals surface area contributed by atoms with Gasteiger partial charge in [0.1, 0.15) is 5.75 Å².